The van der Waals surface area contributed by atoms with Gasteiger partial charge in [-0.05, 0) is 64.2 Å². The standard InChI is InChI=1S/C50H89NO7/c1-6-8-10-12-14-16-18-19-20-21-22-23-24-25-26-27-28-29-31-32-34-36-38-40-48(52)57-45-46(44-56-43-42-47(50(54)55)51(3,4)5)58-49(53)41-39-37-35-33-30-17-15-13-11-9-7-2/h8,10,13-16,19-20,46-47H,6-7,9,11-12,17-18,21-45H2,1-5H3/p+1/b10-8+,15-13+,16-14+,20-19+. The minimum Gasteiger partial charge on any atom is -0.477 e. The van der Waals surface area contributed by atoms with E-state index in [1.54, 1.807) is 0 Å². The topological polar surface area (TPSA) is 99.1 Å². The molecule has 8 heteroatoms. The number of ether oxygens (including phenoxy) is 3. The lowest BCUT2D eigenvalue weighted by atomic mass is 10.0. The highest BCUT2D eigenvalue weighted by Gasteiger charge is 2.31. The maximum atomic E-state index is 12.7. The number of likely N-dealkylation sites (N-methyl/N-ethyl adjacent to an activating group) is 1. The number of aliphatic carboxylic acids is 1. The molecule has 0 rings (SSSR count). The normalized spacial score (nSPS) is 13.3. The molecule has 0 amide bonds. The molecule has 0 spiro atoms. The summed E-state index contributed by atoms with van der Waals surface area (Å²) in [4.78, 5) is 37.0. The molecule has 2 atom stereocenters. The number of hydrogen-bond acceptors (Lipinski definition) is 6. The van der Waals surface area contributed by atoms with Crippen LogP contribution in [0.2, 0.25) is 0 Å². The van der Waals surface area contributed by atoms with E-state index in [1.807, 2.05) is 21.1 Å². The van der Waals surface area contributed by atoms with Crippen molar-refractivity contribution in [1.29, 1.82) is 0 Å². The predicted octanol–water partition coefficient (Wildman–Crippen LogP) is 13.2. The van der Waals surface area contributed by atoms with Crippen molar-refractivity contribution in [3.63, 3.8) is 0 Å². The molecule has 0 aromatic carbocycles. The maximum absolute atomic E-state index is 12.7. The van der Waals surface area contributed by atoms with Crippen molar-refractivity contribution in [2.24, 2.45) is 0 Å². The summed E-state index contributed by atoms with van der Waals surface area (Å²) in [5, 5.41) is 9.62. The number of nitrogens with zero attached hydrogens (tertiary/aromatic N) is 1. The second-order valence-corrected chi connectivity index (χ2v) is 17.0. The third-order valence-corrected chi connectivity index (χ3v) is 10.5. The van der Waals surface area contributed by atoms with Crippen molar-refractivity contribution < 1.29 is 38.2 Å². The molecule has 0 radical (unpaired) electrons. The molecule has 0 fully saturated rings. The third-order valence-electron chi connectivity index (χ3n) is 10.5. The Balaban J connectivity index is 4.17. The van der Waals surface area contributed by atoms with E-state index in [4.69, 9.17) is 14.2 Å². The van der Waals surface area contributed by atoms with Gasteiger partial charge in [-0.1, -0.05) is 165 Å². The number of carbonyl (C=O) groups is 3. The molecule has 336 valence electrons. The lowest BCUT2D eigenvalue weighted by Gasteiger charge is -2.31. The van der Waals surface area contributed by atoms with Crippen LogP contribution < -0.4 is 0 Å². The van der Waals surface area contributed by atoms with Crippen LogP contribution in [0.5, 0.6) is 0 Å². The van der Waals surface area contributed by atoms with Crippen molar-refractivity contribution >= 4 is 17.9 Å². The second kappa shape index (κ2) is 41.0. The van der Waals surface area contributed by atoms with Crippen LogP contribution in [0.25, 0.3) is 0 Å². The van der Waals surface area contributed by atoms with Crippen molar-refractivity contribution in [2.45, 2.75) is 212 Å². The first kappa shape index (κ1) is 55.3. The first-order valence-electron chi connectivity index (χ1n) is 23.7. The first-order valence-corrected chi connectivity index (χ1v) is 23.7. The number of esters is 2. The summed E-state index contributed by atoms with van der Waals surface area (Å²) in [5.41, 5.74) is 0. The summed E-state index contributed by atoms with van der Waals surface area (Å²) >= 11 is 0. The van der Waals surface area contributed by atoms with Gasteiger partial charge in [0, 0.05) is 19.3 Å². The van der Waals surface area contributed by atoms with Gasteiger partial charge in [-0.15, -0.1) is 0 Å². The highest BCUT2D eigenvalue weighted by atomic mass is 16.6. The fourth-order valence-electron chi connectivity index (χ4n) is 6.79. The zero-order valence-electron chi connectivity index (χ0n) is 38.2. The van der Waals surface area contributed by atoms with Crippen LogP contribution in [-0.4, -0.2) is 80.6 Å². The first-order chi connectivity index (χ1) is 28.1. The van der Waals surface area contributed by atoms with Gasteiger partial charge in [-0.3, -0.25) is 9.59 Å². The molecule has 0 bridgehead atoms. The fraction of sp³-hybridized carbons (Fsp3) is 0.780. The van der Waals surface area contributed by atoms with E-state index in [1.165, 1.54) is 96.3 Å². The molecule has 58 heavy (non-hydrogen) atoms. The van der Waals surface area contributed by atoms with Gasteiger partial charge < -0.3 is 23.8 Å². The van der Waals surface area contributed by atoms with Gasteiger partial charge in [-0.25, -0.2) is 4.79 Å². The van der Waals surface area contributed by atoms with E-state index >= 15 is 0 Å². The molecule has 0 heterocycles. The van der Waals surface area contributed by atoms with Crippen LogP contribution in [-0.2, 0) is 28.6 Å². The molecule has 0 aromatic rings. The number of allylic oxidation sites excluding steroid dienone is 8. The van der Waals surface area contributed by atoms with Crippen molar-refractivity contribution in [2.75, 3.05) is 41.0 Å². The Hall–Kier alpha value is -2.71. The molecular weight excluding hydrogens is 727 g/mol. The summed E-state index contributed by atoms with van der Waals surface area (Å²) < 4.78 is 17.3. The number of carboxylic acids is 1. The lowest BCUT2D eigenvalue weighted by Crippen LogP contribution is -2.50. The van der Waals surface area contributed by atoms with Crippen LogP contribution in [0.4, 0.5) is 0 Å². The van der Waals surface area contributed by atoms with Gasteiger partial charge in [-0.2, -0.15) is 0 Å². The Morgan fingerprint density at radius 2 is 0.966 bits per heavy atom. The lowest BCUT2D eigenvalue weighted by molar-refractivity contribution is -0.887. The van der Waals surface area contributed by atoms with Crippen molar-refractivity contribution in [1.82, 2.24) is 0 Å². The average Bonchev–Trinajstić information content (AvgIpc) is 3.18. The van der Waals surface area contributed by atoms with E-state index in [0.29, 0.717) is 19.3 Å². The Kier molecular flexibility index (Phi) is 39.1. The summed E-state index contributed by atoms with van der Waals surface area (Å²) in [6, 6.07) is -0.615. The largest absolute Gasteiger partial charge is 0.477 e. The van der Waals surface area contributed by atoms with E-state index < -0.39 is 18.1 Å². The minimum absolute atomic E-state index is 0.0544. The zero-order chi connectivity index (χ0) is 42.8. The van der Waals surface area contributed by atoms with E-state index in [9.17, 15) is 19.5 Å². The van der Waals surface area contributed by atoms with Crippen LogP contribution >= 0.6 is 0 Å². The number of carbonyl (C=O) groups excluding carboxylic acids is 2. The highest BCUT2D eigenvalue weighted by molar-refractivity contribution is 5.72. The Labute approximate surface area is 356 Å². The minimum atomic E-state index is -0.877. The van der Waals surface area contributed by atoms with Gasteiger partial charge in [0.1, 0.15) is 6.61 Å². The maximum Gasteiger partial charge on any atom is 0.362 e. The second-order valence-electron chi connectivity index (χ2n) is 17.0. The number of hydrogen-bond donors (Lipinski definition) is 1. The van der Waals surface area contributed by atoms with Gasteiger partial charge in [0.05, 0.1) is 34.4 Å². The van der Waals surface area contributed by atoms with Crippen LogP contribution in [0.15, 0.2) is 48.6 Å². The van der Waals surface area contributed by atoms with Gasteiger partial charge in [0.25, 0.3) is 0 Å². The zero-order valence-corrected chi connectivity index (χ0v) is 38.2. The molecular formula is C50H90NO7+. The van der Waals surface area contributed by atoms with E-state index in [-0.39, 0.29) is 36.2 Å². The summed E-state index contributed by atoms with van der Waals surface area (Å²) in [6.07, 6.45) is 48.8. The van der Waals surface area contributed by atoms with Gasteiger partial charge >= 0.3 is 17.9 Å². The molecule has 2 unspecified atom stereocenters. The molecule has 0 aliphatic carbocycles. The van der Waals surface area contributed by atoms with E-state index in [0.717, 1.165) is 70.6 Å². The van der Waals surface area contributed by atoms with Gasteiger partial charge in [0.2, 0.25) is 0 Å². The molecule has 0 saturated heterocycles. The van der Waals surface area contributed by atoms with Gasteiger partial charge in [0.15, 0.2) is 12.1 Å². The molecule has 8 nitrogen and oxygen atoms in total. The van der Waals surface area contributed by atoms with Crippen molar-refractivity contribution in [3.05, 3.63) is 48.6 Å². The fourth-order valence-corrected chi connectivity index (χ4v) is 6.79. The number of carboxylic acid groups (broad SMARTS) is 1. The van der Waals surface area contributed by atoms with Crippen LogP contribution in [0.3, 0.4) is 0 Å². The Morgan fingerprint density at radius 1 is 0.534 bits per heavy atom. The average molecular weight is 817 g/mol. The number of quaternary nitrogens is 1. The summed E-state index contributed by atoms with van der Waals surface area (Å²) in [7, 11) is 5.52. The molecule has 0 aromatic heterocycles. The predicted molar refractivity (Wildman–Crippen MR) is 243 cm³/mol. The monoisotopic (exact) mass is 817 g/mol. The molecule has 0 aliphatic heterocycles. The molecule has 0 saturated carbocycles. The number of rotatable bonds is 42. The Bertz CT molecular complexity index is 1090. The SMILES string of the molecule is CC/C=C/C/C=C/C/C=C/CCCCCCCCCCCCCCCC(=O)OCC(COCCC(C(=O)O)[N+](C)(C)C)OC(=O)CCCCCCC/C=C/CCCC. The number of unbranched alkanes of at least 4 members (excludes halogenated alkanes) is 20. The Morgan fingerprint density at radius 3 is 1.45 bits per heavy atom. The third kappa shape index (κ3) is 38.8. The van der Waals surface area contributed by atoms with Crippen LogP contribution in [0.1, 0.15) is 200 Å². The quantitative estimate of drug-likeness (QED) is 0.0283. The highest BCUT2D eigenvalue weighted by Crippen LogP contribution is 2.15. The molecule has 0 aliphatic rings. The van der Waals surface area contributed by atoms with Crippen molar-refractivity contribution in [3.8, 4) is 0 Å². The van der Waals surface area contributed by atoms with Crippen LogP contribution in [0, 0.1) is 0 Å². The smallest absolute Gasteiger partial charge is 0.362 e. The molecule has 1 N–H and O–H groups in total. The summed E-state index contributed by atoms with van der Waals surface area (Å²) in [6.45, 7) is 4.59. The van der Waals surface area contributed by atoms with E-state index in [2.05, 4.69) is 62.5 Å². The summed E-state index contributed by atoms with van der Waals surface area (Å²) in [5.74, 6) is -1.48.